The summed E-state index contributed by atoms with van der Waals surface area (Å²) in [5, 5.41) is 0. The number of carbonyl (C=O) groups excluding carboxylic acids is 1. The van der Waals surface area contributed by atoms with E-state index in [-0.39, 0.29) is 11.8 Å². The summed E-state index contributed by atoms with van der Waals surface area (Å²) in [5.41, 5.74) is 0.753. The van der Waals surface area contributed by atoms with Crippen LogP contribution in [0.2, 0.25) is 0 Å². The van der Waals surface area contributed by atoms with Crippen LogP contribution >= 0.6 is 0 Å². The Hall–Kier alpha value is -1.35. The zero-order valence-corrected chi connectivity index (χ0v) is 12.2. The SMILES string of the molecule is COc1ccc(C(=O)C(C)N(C)C(C)C2CC2)cc1. The molecule has 0 saturated heterocycles. The molecular weight excluding hydrogens is 238 g/mol. The Bertz CT molecular complexity index is 437. The van der Waals surface area contributed by atoms with Gasteiger partial charge in [-0.2, -0.15) is 0 Å². The highest BCUT2D eigenvalue weighted by Gasteiger charge is 2.33. The largest absolute Gasteiger partial charge is 0.497 e. The number of hydrogen-bond donors (Lipinski definition) is 0. The maximum Gasteiger partial charge on any atom is 0.179 e. The van der Waals surface area contributed by atoms with Gasteiger partial charge in [-0.15, -0.1) is 0 Å². The van der Waals surface area contributed by atoms with E-state index in [1.165, 1.54) is 12.8 Å². The lowest BCUT2D eigenvalue weighted by Crippen LogP contribution is -2.42. The molecule has 2 atom stereocenters. The van der Waals surface area contributed by atoms with Gasteiger partial charge in [-0.1, -0.05) is 0 Å². The topological polar surface area (TPSA) is 29.5 Å². The fraction of sp³-hybridized carbons (Fsp3) is 0.562. The number of benzene rings is 1. The molecule has 0 amide bonds. The molecule has 1 aliphatic carbocycles. The molecule has 1 aromatic rings. The Labute approximate surface area is 115 Å². The van der Waals surface area contributed by atoms with Gasteiger partial charge in [0.1, 0.15) is 5.75 Å². The lowest BCUT2D eigenvalue weighted by atomic mass is 10.0. The Morgan fingerprint density at radius 1 is 1.26 bits per heavy atom. The minimum absolute atomic E-state index is 0.0796. The molecule has 19 heavy (non-hydrogen) atoms. The van der Waals surface area contributed by atoms with E-state index in [4.69, 9.17) is 4.74 Å². The second-order valence-electron chi connectivity index (χ2n) is 5.51. The molecule has 0 heterocycles. The smallest absolute Gasteiger partial charge is 0.179 e. The second kappa shape index (κ2) is 5.74. The number of nitrogens with zero attached hydrogens (tertiary/aromatic N) is 1. The van der Waals surface area contributed by atoms with Crippen LogP contribution in [0.4, 0.5) is 0 Å². The minimum atomic E-state index is -0.0796. The first kappa shape index (κ1) is 14.1. The molecule has 0 aromatic heterocycles. The first-order valence-electron chi connectivity index (χ1n) is 6.94. The molecule has 2 rings (SSSR count). The van der Waals surface area contributed by atoms with Crippen molar-refractivity contribution in [3.63, 3.8) is 0 Å². The molecule has 1 saturated carbocycles. The molecule has 2 unspecified atom stereocenters. The highest BCUT2D eigenvalue weighted by atomic mass is 16.5. The Morgan fingerprint density at radius 3 is 2.32 bits per heavy atom. The van der Waals surface area contributed by atoms with Crippen molar-refractivity contribution in [3.05, 3.63) is 29.8 Å². The fourth-order valence-corrected chi connectivity index (χ4v) is 2.45. The van der Waals surface area contributed by atoms with Crippen molar-refractivity contribution in [1.82, 2.24) is 4.90 Å². The van der Waals surface area contributed by atoms with E-state index in [9.17, 15) is 4.79 Å². The van der Waals surface area contributed by atoms with E-state index in [1.54, 1.807) is 7.11 Å². The van der Waals surface area contributed by atoms with Crippen molar-refractivity contribution in [2.75, 3.05) is 14.2 Å². The molecule has 0 aliphatic heterocycles. The average Bonchev–Trinajstić information content (AvgIpc) is 3.28. The Kier molecular flexibility index (Phi) is 4.25. The van der Waals surface area contributed by atoms with Gasteiger partial charge in [0, 0.05) is 11.6 Å². The van der Waals surface area contributed by atoms with E-state index in [1.807, 2.05) is 31.2 Å². The number of methoxy groups -OCH3 is 1. The number of hydrogen-bond acceptors (Lipinski definition) is 3. The van der Waals surface area contributed by atoms with Crippen LogP contribution in [0.25, 0.3) is 0 Å². The molecule has 0 N–H and O–H groups in total. The van der Waals surface area contributed by atoms with Crippen LogP contribution in [0.15, 0.2) is 24.3 Å². The maximum absolute atomic E-state index is 12.5. The zero-order valence-electron chi connectivity index (χ0n) is 12.2. The van der Waals surface area contributed by atoms with Crippen molar-refractivity contribution in [2.24, 2.45) is 5.92 Å². The molecule has 104 valence electrons. The van der Waals surface area contributed by atoms with Crippen molar-refractivity contribution >= 4 is 5.78 Å². The molecule has 1 fully saturated rings. The highest BCUT2D eigenvalue weighted by molar-refractivity contribution is 5.99. The maximum atomic E-state index is 12.5. The van der Waals surface area contributed by atoms with Crippen molar-refractivity contribution in [3.8, 4) is 5.75 Å². The number of ether oxygens (including phenoxy) is 1. The van der Waals surface area contributed by atoms with Gasteiger partial charge in [0.05, 0.1) is 13.2 Å². The van der Waals surface area contributed by atoms with Gasteiger partial charge in [0.15, 0.2) is 5.78 Å². The summed E-state index contributed by atoms with van der Waals surface area (Å²) < 4.78 is 5.11. The molecule has 1 aliphatic rings. The molecule has 3 nitrogen and oxygen atoms in total. The molecule has 0 spiro atoms. The number of rotatable bonds is 6. The van der Waals surface area contributed by atoms with Crippen LogP contribution in [-0.2, 0) is 0 Å². The number of likely N-dealkylation sites (N-methyl/N-ethyl adjacent to an activating group) is 1. The quantitative estimate of drug-likeness (QED) is 0.737. The summed E-state index contributed by atoms with van der Waals surface area (Å²) >= 11 is 0. The number of carbonyl (C=O) groups is 1. The monoisotopic (exact) mass is 261 g/mol. The Balaban J connectivity index is 2.04. The summed E-state index contributed by atoms with van der Waals surface area (Å²) in [6, 6.07) is 7.76. The van der Waals surface area contributed by atoms with Gasteiger partial charge < -0.3 is 4.74 Å². The summed E-state index contributed by atoms with van der Waals surface area (Å²) in [6.45, 7) is 4.21. The lowest BCUT2D eigenvalue weighted by molar-refractivity contribution is 0.0811. The summed E-state index contributed by atoms with van der Waals surface area (Å²) in [4.78, 5) is 14.6. The third-order valence-electron chi connectivity index (χ3n) is 4.31. The van der Waals surface area contributed by atoms with E-state index in [2.05, 4.69) is 18.9 Å². The van der Waals surface area contributed by atoms with Crippen molar-refractivity contribution in [2.45, 2.75) is 38.8 Å². The molecule has 0 radical (unpaired) electrons. The minimum Gasteiger partial charge on any atom is -0.497 e. The van der Waals surface area contributed by atoms with E-state index in [0.717, 1.165) is 17.2 Å². The van der Waals surface area contributed by atoms with Gasteiger partial charge in [0.2, 0.25) is 0 Å². The van der Waals surface area contributed by atoms with Crippen LogP contribution in [-0.4, -0.2) is 36.9 Å². The van der Waals surface area contributed by atoms with Gasteiger partial charge in [-0.05, 0) is 63.9 Å². The van der Waals surface area contributed by atoms with Gasteiger partial charge in [-0.3, -0.25) is 9.69 Å². The van der Waals surface area contributed by atoms with Crippen LogP contribution in [0, 0.1) is 5.92 Å². The van der Waals surface area contributed by atoms with Crippen LogP contribution in [0.5, 0.6) is 5.75 Å². The van der Waals surface area contributed by atoms with E-state index < -0.39 is 0 Å². The fourth-order valence-electron chi connectivity index (χ4n) is 2.45. The first-order valence-corrected chi connectivity index (χ1v) is 6.94. The molecule has 3 heteroatoms. The van der Waals surface area contributed by atoms with E-state index in [0.29, 0.717) is 6.04 Å². The third kappa shape index (κ3) is 3.16. The van der Waals surface area contributed by atoms with Gasteiger partial charge in [-0.25, -0.2) is 0 Å². The number of ketones is 1. The summed E-state index contributed by atoms with van der Waals surface area (Å²) in [6.07, 6.45) is 2.60. The zero-order chi connectivity index (χ0) is 14.0. The predicted molar refractivity (Wildman–Crippen MR) is 76.7 cm³/mol. The average molecular weight is 261 g/mol. The summed E-state index contributed by atoms with van der Waals surface area (Å²) in [5.74, 6) is 1.73. The highest BCUT2D eigenvalue weighted by Crippen LogP contribution is 2.35. The first-order chi connectivity index (χ1) is 9.04. The molecule has 1 aromatic carbocycles. The lowest BCUT2D eigenvalue weighted by Gasteiger charge is -2.30. The van der Waals surface area contributed by atoms with Gasteiger partial charge in [0.25, 0.3) is 0 Å². The van der Waals surface area contributed by atoms with Crippen LogP contribution < -0.4 is 4.74 Å². The van der Waals surface area contributed by atoms with Crippen molar-refractivity contribution < 1.29 is 9.53 Å². The second-order valence-corrected chi connectivity index (χ2v) is 5.51. The molecule has 0 bridgehead atoms. The van der Waals surface area contributed by atoms with E-state index >= 15 is 0 Å². The number of Topliss-reactive ketones (excluding diaryl/α,β-unsaturated/α-hetero) is 1. The van der Waals surface area contributed by atoms with Gasteiger partial charge >= 0.3 is 0 Å². The third-order valence-corrected chi connectivity index (χ3v) is 4.31. The summed E-state index contributed by atoms with van der Waals surface area (Å²) in [7, 11) is 3.68. The predicted octanol–water partition coefficient (Wildman–Crippen LogP) is 3.00. The van der Waals surface area contributed by atoms with Crippen LogP contribution in [0.1, 0.15) is 37.0 Å². The molecular formula is C16H23NO2. The van der Waals surface area contributed by atoms with Crippen molar-refractivity contribution in [1.29, 1.82) is 0 Å². The van der Waals surface area contributed by atoms with Crippen LogP contribution in [0.3, 0.4) is 0 Å². The Morgan fingerprint density at radius 2 is 1.84 bits per heavy atom. The normalized spacial score (nSPS) is 18.2. The standard InChI is InChI=1S/C16H23NO2/c1-11(13-5-6-13)17(3)12(2)16(18)14-7-9-15(19-4)10-8-14/h7-13H,5-6H2,1-4H3.